The number of methoxy groups -OCH3 is 1. The highest BCUT2D eigenvalue weighted by Gasteiger charge is 2.47. The number of carbonyl (C=O) groups excluding carboxylic acids is 4. The molecule has 2 saturated carbocycles. The third kappa shape index (κ3) is 7.59. The molecular weight excluding hydrogens is 647 g/mol. The SMILES string of the molecule is CCC[C@@]12CCC(=O)C[C@@H]1CCCc1cc(C(=O)Cc3cccnc3C)ccc12.CCC[C@@]12CCC(=O)C[C@@H]1CCCc1cc(C(=O)OC)ccc12. The van der Waals surface area contributed by atoms with Crippen molar-refractivity contribution in [3.05, 3.63) is 99.4 Å². The molecule has 1 aromatic heterocycles. The van der Waals surface area contributed by atoms with Gasteiger partial charge in [0, 0.05) is 49.6 Å². The van der Waals surface area contributed by atoms with Gasteiger partial charge in [0.1, 0.15) is 11.6 Å². The summed E-state index contributed by atoms with van der Waals surface area (Å²) in [5.41, 5.74) is 9.06. The molecule has 4 aliphatic rings. The number of ether oxygens (including phenoxy) is 1. The number of nitrogens with zero attached hydrogens (tertiary/aromatic N) is 1. The van der Waals surface area contributed by atoms with Crippen LogP contribution in [0.4, 0.5) is 0 Å². The van der Waals surface area contributed by atoms with E-state index in [4.69, 9.17) is 4.74 Å². The van der Waals surface area contributed by atoms with Gasteiger partial charge in [0.25, 0.3) is 0 Å². The van der Waals surface area contributed by atoms with Crippen LogP contribution in [-0.4, -0.2) is 35.4 Å². The average Bonchev–Trinajstić information content (AvgIpc) is 3.40. The minimum absolute atomic E-state index is 0.121. The monoisotopic (exact) mass is 703 g/mol. The van der Waals surface area contributed by atoms with Gasteiger partial charge in [-0.25, -0.2) is 4.79 Å². The Balaban J connectivity index is 0.000000183. The number of esters is 1. The first-order valence-electron chi connectivity index (χ1n) is 20.0. The van der Waals surface area contributed by atoms with E-state index in [0.29, 0.717) is 48.2 Å². The second-order valence-electron chi connectivity index (χ2n) is 16.1. The van der Waals surface area contributed by atoms with Gasteiger partial charge in [-0.05, 0) is 146 Å². The number of hydrogen-bond donors (Lipinski definition) is 0. The maximum absolute atomic E-state index is 13.0. The van der Waals surface area contributed by atoms with Crippen molar-refractivity contribution in [3.8, 4) is 0 Å². The number of ketones is 3. The van der Waals surface area contributed by atoms with Crippen molar-refractivity contribution in [1.82, 2.24) is 4.98 Å². The number of benzene rings is 2. The number of hydrogen-bond acceptors (Lipinski definition) is 6. The van der Waals surface area contributed by atoms with Gasteiger partial charge in [-0.15, -0.1) is 0 Å². The molecule has 0 spiro atoms. The van der Waals surface area contributed by atoms with E-state index in [0.717, 1.165) is 107 Å². The number of Topliss-reactive ketones (excluding diaryl/α,β-unsaturated/α-hetero) is 3. The zero-order chi connectivity index (χ0) is 36.9. The lowest BCUT2D eigenvalue weighted by Gasteiger charge is -2.44. The predicted molar refractivity (Wildman–Crippen MR) is 205 cm³/mol. The van der Waals surface area contributed by atoms with Crippen molar-refractivity contribution in [1.29, 1.82) is 0 Å². The fourth-order valence-electron chi connectivity index (χ4n) is 10.6. The Labute approximate surface area is 310 Å². The Hall–Kier alpha value is -3.93. The Morgan fingerprint density at radius 2 is 1.31 bits per heavy atom. The predicted octanol–water partition coefficient (Wildman–Crippen LogP) is 9.78. The van der Waals surface area contributed by atoms with E-state index >= 15 is 0 Å². The van der Waals surface area contributed by atoms with Gasteiger partial charge < -0.3 is 4.74 Å². The van der Waals surface area contributed by atoms with Crippen LogP contribution in [0.15, 0.2) is 54.7 Å². The molecule has 3 aromatic rings. The molecule has 2 fully saturated rings. The van der Waals surface area contributed by atoms with Crippen LogP contribution in [-0.2, 0) is 44.4 Å². The van der Waals surface area contributed by atoms with Crippen LogP contribution in [0.1, 0.15) is 158 Å². The summed E-state index contributed by atoms with van der Waals surface area (Å²) in [6.07, 6.45) is 18.0. The first-order valence-corrected chi connectivity index (χ1v) is 20.0. The first kappa shape index (κ1) is 37.8. The Bertz CT molecular complexity index is 1810. The third-order valence-electron chi connectivity index (χ3n) is 13.1. The molecule has 0 amide bonds. The van der Waals surface area contributed by atoms with E-state index < -0.39 is 0 Å². The maximum atomic E-state index is 13.0. The molecule has 6 nitrogen and oxygen atoms in total. The molecule has 7 rings (SSSR count). The summed E-state index contributed by atoms with van der Waals surface area (Å²) < 4.78 is 4.87. The number of carbonyl (C=O) groups is 4. The molecule has 276 valence electrons. The first-order chi connectivity index (χ1) is 25.1. The number of pyridine rings is 1. The van der Waals surface area contributed by atoms with Crippen LogP contribution in [0.3, 0.4) is 0 Å². The lowest BCUT2D eigenvalue weighted by Crippen LogP contribution is -2.40. The second kappa shape index (κ2) is 16.4. The fraction of sp³-hybridized carbons (Fsp3) is 0.543. The summed E-state index contributed by atoms with van der Waals surface area (Å²) in [5.74, 6) is 1.68. The van der Waals surface area contributed by atoms with Crippen LogP contribution in [0.2, 0.25) is 0 Å². The van der Waals surface area contributed by atoms with E-state index in [1.165, 1.54) is 29.4 Å². The third-order valence-corrected chi connectivity index (χ3v) is 13.1. The van der Waals surface area contributed by atoms with Gasteiger partial charge in [-0.3, -0.25) is 19.4 Å². The molecular formula is C46H57NO5. The highest BCUT2D eigenvalue weighted by molar-refractivity contribution is 5.98. The van der Waals surface area contributed by atoms with Gasteiger partial charge in [0.2, 0.25) is 0 Å². The van der Waals surface area contributed by atoms with Crippen molar-refractivity contribution in [2.75, 3.05) is 7.11 Å². The second-order valence-corrected chi connectivity index (χ2v) is 16.1. The number of fused-ring (bicyclic) bond motifs is 6. The molecule has 0 aliphatic heterocycles. The van der Waals surface area contributed by atoms with Crippen molar-refractivity contribution in [2.24, 2.45) is 11.8 Å². The maximum Gasteiger partial charge on any atom is 0.337 e. The molecule has 52 heavy (non-hydrogen) atoms. The Morgan fingerprint density at radius 1 is 0.769 bits per heavy atom. The molecule has 1 heterocycles. The fourth-order valence-corrected chi connectivity index (χ4v) is 10.6. The van der Waals surface area contributed by atoms with Gasteiger partial charge in [-0.2, -0.15) is 0 Å². The van der Waals surface area contributed by atoms with Crippen LogP contribution in [0, 0.1) is 18.8 Å². The Morgan fingerprint density at radius 3 is 1.83 bits per heavy atom. The summed E-state index contributed by atoms with van der Waals surface area (Å²) in [4.78, 5) is 53.3. The van der Waals surface area contributed by atoms with E-state index in [1.54, 1.807) is 6.20 Å². The molecule has 0 radical (unpaired) electrons. The van der Waals surface area contributed by atoms with E-state index in [-0.39, 0.29) is 22.6 Å². The molecule has 0 unspecified atom stereocenters. The summed E-state index contributed by atoms with van der Waals surface area (Å²) in [6, 6.07) is 16.4. The lowest BCUT2D eigenvalue weighted by atomic mass is 9.59. The van der Waals surface area contributed by atoms with Gasteiger partial charge in [-0.1, -0.05) is 51.0 Å². The topological polar surface area (TPSA) is 90.4 Å². The normalized spacial score (nSPS) is 25.2. The number of aryl methyl sites for hydroxylation is 3. The Kier molecular flexibility index (Phi) is 11.9. The average molecular weight is 704 g/mol. The molecule has 0 N–H and O–H groups in total. The molecule has 4 aliphatic carbocycles. The number of aromatic nitrogens is 1. The zero-order valence-electron chi connectivity index (χ0n) is 31.9. The van der Waals surface area contributed by atoms with Gasteiger partial charge in [0.05, 0.1) is 12.7 Å². The van der Waals surface area contributed by atoms with Crippen LogP contribution >= 0.6 is 0 Å². The minimum atomic E-state index is -0.267. The van der Waals surface area contributed by atoms with Crippen LogP contribution in [0.25, 0.3) is 0 Å². The van der Waals surface area contributed by atoms with Crippen molar-refractivity contribution in [3.63, 3.8) is 0 Å². The highest BCUT2D eigenvalue weighted by atomic mass is 16.5. The molecule has 4 atom stereocenters. The van der Waals surface area contributed by atoms with Gasteiger partial charge >= 0.3 is 5.97 Å². The summed E-state index contributed by atoms with van der Waals surface area (Å²) in [6.45, 7) is 6.44. The molecule has 0 bridgehead atoms. The summed E-state index contributed by atoms with van der Waals surface area (Å²) >= 11 is 0. The van der Waals surface area contributed by atoms with Crippen molar-refractivity contribution >= 4 is 23.3 Å². The standard InChI is InChI=1S/C26H31NO2.C20H26O3/c1-3-12-26-13-11-23(28)17-22(26)8-4-6-20-15-21(9-10-24(20)26)25(29)16-19-7-5-14-27-18(19)2;1-3-10-20-11-9-17(21)13-16(20)6-4-5-14-12-15(19(22)23-2)7-8-18(14)20/h5,7,9-10,14-15,22H,3-4,6,8,11-13,16-17H2,1-2H3;7-8,12,16H,3-6,9-11,13H2,1-2H3/t22-,26+;16-,20+/m00/s1. The summed E-state index contributed by atoms with van der Waals surface area (Å²) in [7, 11) is 1.43. The summed E-state index contributed by atoms with van der Waals surface area (Å²) in [5, 5.41) is 0. The molecule has 6 heteroatoms. The van der Waals surface area contributed by atoms with Crippen molar-refractivity contribution < 1.29 is 23.9 Å². The van der Waals surface area contributed by atoms with Crippen LogP contribution < -0.4 is 0 Å². The molecule has 2 aromatic carbocycles. The largest absolute Gasteiger partial charge is 0.465 e. The quantitative estimate of drug-likeness (QED) is 0.171. The lowest BCUT2D eigenvalue weighted by molar-refractivity contribution is -0.124. The zero-order valence-corrected chi connectivity index (χ0v) is 31.9. The number of rotatable bonds is 8. The molecule has 0 saturated heterocycles. The smallest absolute Gasteiger partial charge is 0.337 e. The van der Waals surface area contributed by atoms with E-state index in [9.17, 15) is 19.2 Å². The van der Waals surface area contributed by atoms with E-state index in [2.05, 4.69) is 37.0 Å². The highest BCUT2D eigenvalue weighted by Crippen LogP contribution is 2.52. The van der Waals surface area contributed by atoms with Crippen LogP contribution in [0.5, 0.6) is 0 Å². The minimum Gasteiger partial charge on any atom is -0.465 e. The van der Waals surface area contributed by atoms with Crippen molar-refractivity contribution in [2.45, 2.75) is 141 Å². The van der Waals surface area contributed by atoms with E-state index in [1.807, 2.05) is 37.3 Å². The van der Waals surface area contributed by atoms with Gasteiger partial charge in [0.15, 0.2) is 5.78 Å².